The van der Waals surface area contributed by atoms with E-state index in [-0.39, 0.29) is 0 Å². The molecular formula is C13H19N3O2. The molecule has 18 heavy (non-hydrogen) atoms. The van der Waals surface area contributed by atoms with E-state index in [1.807, 2.05) is 6.92 Å². The molecule has 0 unspecified atom stereocenters. The predicted molar refractivity (Wildman–Crippen MR) is 68.5 cm³/mol. The maximum atomic E-state index is 11.6. The zero-order chi connectivity index (χ0) is 13.0. The van der Waals surface area contributed by atoms with Crippen molar-refractivity contribution < 1.29 is 9.90 Å². The van der Waals surface area contributed by atoms with Crippen LogP contribution in [0, 0.1) is 6.92 Å². The number of aryl methyl sites for hydroxylation is 1. The topological polar surface area (TPSA) is 75.1 Å². The number of rotatable bonds is 3. The van der Waals surface area contributed by atoms with Crippen molar-refractivity contribution >= 4 is 11.9 Å². The molecule has 5 heteroatoms. The number of anilines is 1. The average Bonchev–Trinajstić information content (AvgIpc) is 2.59. The van der Waals surface area contributed by atoms with Gasteiger partial charge in [0.2, 0.25) is 5.95 Å². The van der Waals surface area contributed by atoms with Crippen LogP contribution in [0.2, 0.25) is 0 Å². The van der Waals surface area contributed by atoms with Gasteiger partial charge in [-0.1, -0.05) is 25.7 Å². The van der Waals surface area contributed by atoms with Crippen molar-refractivity contribution in [3.05, 3.63) is 18.0 Å². The summed E-state index contributed by atoms with van der Waals surface area (Å²) in [6, 6.07) is 0. The fourth-order valence-corrected chi connectivity index (χ4v) is 2.40. The Morgan fingerprint density at radius 3 is 2.28 bits per heavy atom. The van der Waals surface area contributed by atoms with Crippen molar-refractivity contribution in [2.75, 3.05) is 5.32 Å². The molecule has 1 aliphatic rings. The van der Waals surface area contributed by atoms with Crippen molar-refractivity contribution in [2.24, 2.45) is 0 Å². The molecule has 0 radical (unpaired) electrons. The molecule has 0 aromatic carbocycles. The smallest absolute Gasteiger partial charge is 0.329 e. The van der Waals surface area contributed by atoms with Gasteiger partial charge >= 0.3 is 5.97 Å². The van der Waals surface area contributed by atoms with Gasteiger partial charge in [-0.3, -0.25) is 0 Å². The molecule has 0 atom stereocenters. The van der Waals surface area contributed by atoms with Crippen LogP contribution in [-0.4, -0.2) is 26.6 Å². The third-order valence-corrected chi connectivity index (χ3v) is 3.50. The lowest BCUT2D eigenvalue weighted by molar-refractivity contribution is -0.142. The molecule has 0 bridgehead atoms. The highest BCUT2D eigenvalue weighted by Crippen LogP contribution is 2.30. The first-order valence-corrected chi connectivity index (χ1v) is 6.43. The van der Waals surface area contributed by atoms with Crippen LogP contribution in [-0.2, 0) is 4.79 Å². The van der Waals surface area contributed by atoms with E-state index >= 15 is 0 Å². The van der Waals surface area contributed by atoms with Crippen LogP contribution in [0.4, 0.5) is 5.95 Å². The summed E-state index contributed by atoms with van der Waals surface area (Å²) in [5.41, 5.74) is 0.0666. The normalized spacial score (nSPS) is 18.9. The monoisotopic (exact) mass is 249 g/mol. The first kappa shape index (κ1) is 12.8. The van der Waals surface area contributed by atoms with E-state index in [2.05, 4.69) is 15.3 Å². The number of hydrogen-bond acceptors (Lipinski definition) is 4. The Balaban J connectivity index is 2.19. The van der Waals surface area contributed by atoms with E-state index in [9.17, 15) is 9.90 Å². The lowest BCUT2D eigenvalue weighted by Crippen LogP contribution is -2.46. The molecule has 0 spiro atoms. The Labute approximate surface area is 107 Å². The molecule has 1 heterocycles. The fourth-order valence-electron chi connectivity index (χ4n) is 2.40. The SMILES string of the molecule is Cc1cnc(NC2(C(=O)O)CCCCCC2)nc1. The molecule has 1 aromatic heterocycles. The molecule has 0 amide bonds. The first-order chi connectivity index (χ1) is 8.62. The van der Waals surface area contributed by atoms with Gasteiger partial charge in [0.15, 0.2) is 0 Å². The number of carboxylic acid groups (broad SMARTS) is 1. The Bertz CT molecular complexity index is 409. The second-order valence-corrected chi connectivity index (χ2v) is 5.01. The first-order valence-electron chi connectivity index (χ1n) is 6.43. The highest BCUT2D eigenvalue weighted by atomic mass is 16.4. The second-order valence-electron chi connectivity index (χ2n) is 5.01. The Morgan fingerprint density at radius 2 is 1.78 bits per heavy atom. The molecule has 1 fully saturated rings. The van der Waals surface area contributed by atoms with E-state index in [0.717, 1.165) is 31.2 Å². The zero-order valence-electron chi connectivity index (χ0n) is 10.6. The molecular weight excluding hydrogens is 230 g/mol. The highest BCUT2D eigenvalue weighted by molar-refractivity contribution is 5.82. The van der Waals surface area contributed by atoms with E-state index in [1.165, 1.54) is 0 Å². The van der Waals surface area contributed by atoms with Gasteiger partial charge in [0, 0.05) is 12.4 Å². The summed E-state index contributed by atoms with van der Waals surface area (Å²) in [4.78, 5) is 19.9. The van der Waals surface area contributed by atoms with Gasteiger partial charge in [0.05, 0.1) is 0 Å². The summed E-state index contributed by atoms with van der Waals surface area (Å²) in [5, 5.41) is 12.6. The number of aromatic nitrogens is 2. The molecule has 0 saturated heterocycles. The van der Waals surface area contributed by atoms with E-state index in [1.54, 1.807) is 12.4 Å². The molecule has 98 valence electrons. The van der Waals surface area contributed by atoms with E-state index in [0.29, 0.717) is 18.8 Å². The Kier molecular flexibility index (Phi) is 3.79. The van der Waals surface area contributed by atoms with E-state index < -0.39 is 11.5 Å². The fraction of sp³-hybridized carbons (Fsp3) is 0.615. The van der Waals surface area contributed by atoms with Gasteiger partial charge in [-0.05, 0) is 25.3 Å². The van der Waals surface area contributed by atoms with Gasteiger partial charge < -0.3 is 10.4 Å². The standard InChI is InChI=1S/C13H19N3O2/c1-10-8-14-12(15-9-10)16-13(11(17)18)6-4-2-3-5-7-13/h8-9H,2-7H2,1H3,(H,17,18)(H,14,15,16). The van der Waals surface area contributed by atoms with Crippen molar-refractivity contribution in [1.29, 1.82) is 0 Å². The third kappa shape index (κ3) is 2.78. The minimum absolute atomic E-state index is 0.407. The van der Waals surface area contributed by atoms with Crippen LogP contribution in [0.1, 0.15) is 44.1 Å². The number of aliphatic carboxylic acids is 1. The predicted octanol–water partition coefficient (Wildman–Crippen LogP) is 2.37. The summed E-state index contributed by atoms with van der Waals surface area (Å²) >= 11 is 0. The molecule has 2 N–H and O–H groups in total. The van der Waals surface area contributed by atoms with Crippen LogP contribution in [0.5, 0.6) is 0 Å². The van der Waals surface area contributed by atoms with Crippen molar-refractivity contribution in [3.63, 3.8) is 0 Å². The lowest BCUT2D eigenvalue weighted by Gasteiger charge is -2.29. The maximum Gasteiger partial charge on any atom is 0.329 e. The molecule has 1 saturated carbocycles. The zero-order valence-corrected chi connectivity index (χ0v) is 10.6. The summed E-state index contributed by atoms with van der Waals surface area (Å²) in [6.07, 6.45) is 8.75. The summed E-state index contributed by atoms with van der Waals surface area (Å²) in [7, 11) is 0. The number of hydrogen-bond donors (Lipinski definition) is 2. The molecule has 1 aliphatic carbocycles. The van der Waals surface area contributed by atoms with Gasteiger partial charge in [-0.25, -0.2) is 14.8 Å². The number of nitrogens with zero attached hydrogens (tertiary/aromatic N) is 2. The van der Waals surface area contributed by atoms with Crippen LogP contribution in [0.3, 0.4) is 0 Å². The van der Waals surface area contributed by atoms with Crippen molar-refractivity contribution in [2.45, 2.75) is 51.0 Å². The minimum atomic E-state index is -0.897. The largest absolute Gasteiger partial charge is 0.480 e. The second kappa shape index (κ2) is 5.33. The number of carboxylic acids is 1. The van der Waals surface area contributed by atoms with Gasteiger partial charge in [0.1, 0.15) is 5.54 Å². The molecule has 1 aromatic rings. The van der Waals surface area contributed by atoms with Crippen molar-refractivity contribution in [1.82, 2.24) is 9.97 Å². The van der Waals surface area contributed by atoms with Gasteiger partial charge in [-0.2, -0.15) is 0 Å². The Morgan fingerprint density at radius 1 is 1.22 bits per heavy atom. The van der Waals surface area contributed by atoms with Crippen LogP contribution < -0.4 is 5.32 Å². The Hall–Kier alpha value is -1.65. The van der Waals surface area contributed by atoms with Gasteiger partial charge in [0.25, 0.3) is 0 Å². The average molecular weight is 249 g/mol. The molecule has 2 rings (SSSR count). The summed E-state index contributed by atoms with van der Waals surface area (Å²) < 4.78 is 0. The quantitative estimate of drug-likeness (QED) is 0.804. The summed E-state index contributed by atoms with van der Waals surface area (Å²) in [6.45, 7) is 1.91. The number of carbonyl (C=O) groups is 1. The molecule has 0 aliphatic heterocycles. The number of nitrogens with one attached hydrogen (secondary N) is 1. The van der Waals surface area contributed by atoms with Gasteiger partial charge in [-0.15, -0.1) is 0 Å². The summed E-state index contributed by atoms with van der Waals surface area (Å²) in [5.74, 6) is -0.390. The highest BCUT2D eigenvalue weighted by Gasteiger charge is 2.39. The van der Waals surface area contributed by atoms with Crippen LogP contribution in [0.15, 0.2) is 12.4 Å². The van der Waals surface area contributed by atoms with Crippen LogP contribution in [0.25, 0.3) is 0 Å². The minimum Gasteiger partial charge on any atom is -0.480 e. The third-order valence-electron chi connectivity index (χ3n) is 3.50. The van der Waals surface area contributed by atoms with E-state index in [4.69, 9.17) is 0 Å². The van der Waals surface area contributed by atoms with Crippen molar-refractivity contribution in [3.8, 4) is 0 Å². The molecule has 5 nitrogen and oxygen atoms in total. The lowest BCUT2D eigenvalue weighted by atomic mass is 9.90. The van der Waals surface area contributed by atoms with Crippen LogP contribution >= 0.6 is 0 Å². The maximum absolute atomic E-state index is 11.6.